The summed E-state index contributed by atoms with van der Waals surface area (Å²) in [6.07, 6.45) is 0. The van der Waals surface area contributed by atoms with E-state index in [9.17, 15) is 0 Å². The maximum atomic E-state index is 4.25. The highest BCUT2D eigenvalue weighted by Gasteiger charge is 1.25. The van der Waals surface area contributed by atoms with Crippen molar-refractivity contribution >= 4 is 0 Å². The molecule has 0 fully saturated rings. The average Bonchev–Trinajstić information content (AvgIpc) is 2.01. The molecule has 0 saturated carbocycles. The first kappa shape index (κ1) is 24.1. The van der Waals surface area contributed by atoms with Gasteiger partial charge in [-0.2, -0.15) is 0 Å². The molecule has 0 aliphatic rings. The molecular formula is C8H18O. The van der Waals surface area contributed by atoms with Gasteiger partial charge in [0.25, 0.3) is 0 Å². The Hall–Kier alpha value is -0.820. The Morgan fingerprint density at radius 3 is 0.667 bits per heavy atom. The standard InChI is InChI=1S/C2H6O.3C2H4/c1-3-2;3*1-2/h1-2H3;3*1-2H2. The Bertz CT molecular complexity index is 15.8. The summed E-state index contributed by atoms with van der Waals surface area (Å²) in [4.78, 5) is 0. The van der Waals surface area contributed by atoms with E-state index in [4.69, 9.17) is 0 Å². The molecule has 0 aromatic rings. The average molecular weight is 130 g/mol. The van der Waals surface area contributed by atoms with Crippen molar-refractivity contribution in [1.29, 1.82) is 0 Å². The third-order valence-corrected chi connectivity index (χ3v) is 0. The van der Waals surface area contributed by atoms with E-state index in [1.165, 1.54) is 0 Å². The van der Waals surface area contributed by atoms with Gasteiger partial charge in [-0.15, -0.1) is 39.5 Å². The zero-order valence-corrected chi connectivity index (χ0v) is 6.65. The second-order valence-corrected chi connectivity index (χ2v) is 0.408. The van der Waals surface area contributed by atoms with Gasteiger partial charge in [-0.05, 0) is 0 Å². The largest absolute Gasteiger partial charge is 0.388 e. The lowest BCUT2D eigenvalue weighted by molar-refractivity contribution is 0.277. The van der Waals surface area contributed by atoms with Crippen LogP contribution in [0.1, 0.15) is 0 Å². The van der Waals surface area contributed by atoms with E-state index < -0.39 is 0 Å². The van der Waals surface area contributed by atoms with Crippen LogP contribution in [0.3, 0.4) is 0 Å². The molecular weight excluding hydrogens is 112 g/mol. The van der Waals surface area contributed by atoms with Crippen molar-refractivity contribution < 1.29 is 4.74 Å². The van der Waals surface area contributed by atoms with Crippen molar-refractivity contribution in [3.05, 3.63) is 39.5 Å². The lowest BCUT2D eigenvalue weighted by Gasteiger charge is -1.61. The van der Waals surface area contributed by atoms with Crippen LogP contribution in [-0.4, -0.2) is 14.2 Å². The minimum atomic E-state index is 1.62. The van der Waals surface area contributed by atoms with Gasteiger partial charge < -0.3 is 4.74 Å². The molecule has 0 aliphatic heterocycles. The fourth-order valence-corrected chi connectivity index (χ4v) is 0. The fraction of sp³-hybridized carbons (Fsp3) is 0.250. The number of methoxy groups -OCH3 is 1. The molecule has 0 rings (SSSR count). The monoisotopic (exact) mass is 130 g/mol. The highest BCUT2D eigenvalue weighted by molar-refractivity contribution is 4.22. The van der Waals surface area contributed by atoms with Gasteiger partial charge in [0.1, 0.15) is 0 Å². The molecule has 0 unspecified atom stereocenters. The quantitative estimate of drug-likeness (QED) is 0.458. The van der Waals surface area contributed by atoms with E-state index in [1.807, 2.05) is 0 Å². The van der Waals surface area contributed by atoms with Crippen molar-refractivity contribution in [3.63, 3.8) is 0 Å². The van der Waals surface area contributed by atoms with Gasteiger partial charge in [-0.3, -0.25) is 0 Å². The van der Waals surface area contributed by atoms with Crippen LogP contribution in [0.2, 0.25) is 0 Å². The van der Waals surface area contributed by atoms with Gasteiger partial charge in [0.2, 0.25) is 0 Å². The Labute approximate surface area is 59.4 Å². The Morgan fingerprint density at radius 1 is 0.667 bits per heavy atom. The first-order valence-electron chi connectivity index (χ1n) is 2.32. The maximum Gasteiger partial charge on any atom is 0.0351 e. The summed E-state index contributed by atoms with van der Waals surface area (Å²) in [7, 11) is 3.25. The predicted molar refractivity (Wildman–Crippen MR) is 46.7 cm³/mol. The summed E-state index contributed by atoms with van der Waals surface area (Å²) in [5.74, 6) is 0. The highest BCUT2D eigenvalue weighted by atomic mass is 16.4. The molecule has 1 nitrogen and oxygen atoms in total. The molecule has 0 radical (unpaired) electrons. The molecule has 0 spiro atoms. The van der Waals surface area contributed by atoms with Crippen LogP contribution in [0.25, 0.3) is 0 Å². The molecule has 56 valence electrons. The molecule has 0 aromatic heterocycles. The van der Waals surface area contributed by atoms with Crippen LogP contribution in [0.5, 0.6) is 0 Å². The van der Waals surface area contributed by atoms with Crippen molar-refractivity contribution in [2.24, 2.45) is 0 Å². The van der Waals surface area contributed by atoms with Crippen LogP contribution in [-0.2, 0) is 4.74 Å². The molecule has 0 heterocycles. The third kappa shape index (κ3) is 287. The highest BCUT2D eigenvalue weighted by Crippen LogP contribution is 1.28. The summed E-state index contributed by atoms with van der Waals surface area (Å²) in [5.41, 5.74) is 0. The predicted octanol–water partition coefficient (Wildman–Crippen LogP) is 2.67. The third-order valence-electron chi connectivity index (χ3n) is 0. The van der Waals surface area contributed by atoms with Crippen LogP contribution in [0, 0.1) is 0 Å². The fourth-order valence-electron chi connectivity index (χ4n) is 0. The maximum absolute atomic E-state index is 4.25. The van der Waals surface area contributed by atoms with Crippen LogP contribution in [0.4, 0.5) is 0 Å². The number of ether oxygens (including phenoxy) is 1. The zero-order chi connectivity index (χ0) is 8.71. The molecule has 0 N–H and O–H groups in total. The summed E-state index contributed by atoms with van der Waals surface area (Å²) in [6, 6.07) is 0. The van der Waals surface area contributed by atoms with Crippen LogP contribution < -0.4 is 0 Å². The lowest BCUT2D eigenvalue weighted by atomic mass is 11.3. The van der Waals surface area contributed by atoms with E-state index in [1.54, 1.807) is 14.2 Å². The second-order valence-electron chi connectivity index (χ2n) is 0.408. The Balaban J connectivity index is -0.0000000190. The van der Waals surface area contributed by atoms with E-state index in [0.717, 1.165) is 0 Å². The molecule has 0 bridgehead atoms. The number of rotatable bonds is 0. The smallest absolute Gasteiger partial charge is 0.0351 e. The van der Waals surface area contributed by atoms with Gasteiger partial charge in [0.15, 0.2) is 0 Å². The normalized spacial score (nSPS) is 3.33. The van der Waals surface area contributed by atoms with Gasteiger partial charge in [0.05, 0.1) is 0 Å². The van der Waals surface area contributed by atoms with E-state index in [2.05, 4.69) is 44.2 Å². The van der Waals surface area contributed by atoms with Crippen LogP contribution in [0.15, 0.2) is 39.5 Å². The SMILES string of the molecule is C=C.C=C.C=C.COC. The van der Waals surface area contributed by atoms with E-state index >= 15 is 0 Å². The minimum Gasteiger partial charge on any atom is -0.388 e. The van der Waals surface area contributed by atoms with Gasteiger partial charge >= 0.3 is 0 Å². The first-order valence-corrected chi connectivity index (χ1v) is 2.32. The molecule has 0 amide bonds. The van der Waals surface area contributed by atoms with Crippen molar-refractivity contribution in [2.75, 3.05) is 14.2 Å². The van der Waals surface area contributed by atoms with Crippen molar-refractivity contribution in [1.82, 2.24) is 0 Å². The van der Waals surface area contributed by atoms with Crippen molar-refractivity contribution in [3.8, 4) is 0 Å². The topological polar surface area (TPSA) is 9.23 Å². The van der Waals surface area contributed by atoms with Crippen LogP contribution >= 0.6 is 0 Å². The number of hydrogen-bond acceptors (Lipinski definition) is 1. The Kier molecular flexibility index (Phi) is 22700. The molecule has 1 heteroatoms. The number of hydrogen-bond donors (Lipinski definition) is 0. The molecule has 0 aliphatic carbocycles. The summed E-state index contributed by atoms with van der Waals surface area (Å²) < 4.78 is 4.25. The van der Waals surface area contributed by atoms with E-state index in [0.29, 0.717) is 0 Å². The lowest BCUT2D eigenvalue weighted by Crippen LogP contribution is -1.55. The summed E-state index contributed by atoms with van der Waals surface area (Å²) in [6.45, 7) is 18.0. The van der Waals surface area contributed by atoms with Gasteiger partial charge in [-0.1, -0.05) is 0 Å². The second kappa shape index (κ2) is 8460. The van der Waals surface area contributed by atoms with Crippen molar-refractivity contribution in [2.45, 2.75) is 0 Å². The summed E-state index contributed by atoms with van der Waals surface area (Å²) in [5, 5.41) is 0. The first-order chi connectivity index (χ1) is 4.41. The Morgan fingerprint density at radius 2 is 0.667 bits per heavy atom. The van der Waals surface area contributed by atoms with Gasteiger partial charge in [-0.25, -0.2) is 0 Å². The van der Waals surface area contributed by atoms with Gasteiger partial charge in [0, 0.05) is 14.2 Å². The van der Waals surface area contributed by atoms with E-state index in [-0.39, 0.29) is 0 Å². The molecule has 9 heavy (non-hydrogen) atoms. The summed E-state index contributed by atoms with van der Waals surface area (Å²) >= 11 is 0. The molecule has 0 saturated heterocycles. The molecule has 0 aromatic carbocycles. The minimum absolute atomic E-state index is 1.62. The molecule has 0 atom stereocenters. The zero-order valence-electron chi connectivity index (χ0n) is 6.65.